The van der Waals surface area contributed by atoms with Gasteiger partial charge >= 0.3 is 5.97 Å². The number of nitrogens with zero attached hydrogens (tertiary/aromatic N) is 1. The first kappa shape index (κ1) is 20.1. The lowest BCUT2D eigenvalue weighted by Crippen LogP contribution is -2.42. The van der Waals surface area contributed by atoms with E-state index in [2.05, 4.69) is 0 Å². The van der Waals surface area contributed by atoms with E-state index in [1.165, 1.54) is 0 Å². The Balaban J connectivity index is 2.22. The molecule has 1 aliphatic heterocycles. The molecule has 1 fully saturated rings. The maximum absolute atomic E-state index is 13.8. The van der Waals surface area contributed by atoms with Gasteiger partial charge in [0.15, 0.2) is 23.3 Å². The van der Waals surface area contributed by atoms with E-state index >= 15 is 0 Å². The third kappa shape index (κ3) is 3.81. The quantitative estimate of drug-likeness (QED) is 0.249. The van der Waals surface area contributed by atoms with Crippen molar-refractivity contribution >= 4 is 11.9 Å². The van der Waals surface area contributed by atoms with Crippen LogP contribution in [0.5, 0.6) is 0 Å². The number of rotatable bonds is 6. The first-order valence-corrected chi connectivity index (χ1v) is 8.30. The Morgan fingerprint density at radius 1 is 1.00 bits per heavy atom. The molecule has 1 heterocycles. The van der Waals surface area contributed by atoms with Crippen molar-refractivity contribution in [3.63, 3.8) is 0 Å². The summed E-state index contributed by atoms with van der Waals surface area (Å²) in [4.78, 5) is 25.3. The average molecular weight is 379 g/mol. The number of carbonyl (C=O) groups excluding carboxylic acids is 2. The van der Waals surface area contributed by atoms with Gasteiger partial charge < -0.3 is 9.64 Å². The van der Waals surface area contributed by atoms with Crippen molar-refractivity contribution in [1.82, 2.24) is 4.90 Å². The van der Waals surface area contributed by atoms with E-state index in [4.69, 9.17) is 4.74 Å². The summed E-state index contributed by atoms with van der Waals surface area (Å²) in [5, 5.41) is 0. The lowest BCUT2D eigenvalue weighted by molar-refractivity contribution is -0.148. The number of ether oxygens (including phenoxy) is 1. The van der Waals surface area contributed by atoms with Crippen LogP contribution in [0.15, 0.2) is 0 Å². The molecule has 144 valence electrons. The van der Waals surface area contributed by atoms with Crippen molar-refractivity contribution in [2.45, 2.75) is 45.1 Å². The zero-order valence-electron chi connectivity index (χ0n) is 14.1. The fourth-order valence-electron chi connectivity index (χ4n) is 2.81. The second-order valence-corrected chi connectivity index (χ2v) is 5.98. The molecule has 1 unspecified atom stereocenters. The summed E-state index contributed by atoms with van der Waals surface area (Å²) in [6.45, 7) is 2.05. The largest absolute Gasteiger partial charge is 0.464 e. The highest BCUT2D eigenvalue weighted by molar-refractivity contribution is 5.97. The standard InChI is InChI=1S/C17H18F5NO3/c1-2-3-4-8-26-17(25)9-6-5-7-23(9)16(24)10-11(18)13(20)15(22)14(21)12(10)19/h9H,2-8H2,1H3. The molecule has 26 heavy (non-hydrogen) atoms. The highest BCUT2D eigenvalue weighted by atomic mass is 19.2. The zero-order valence-corrected chi connectivity index (χ0v) is 14.1. The summed E-state index contributed by atoms with van der Waals surface area (Å²) >= 11 is 0. The minimum Gasteiger partial charge on any atom is -0.464 e. The third-order valence-electron chi connectivity index (χ3n) is 4.20. The molecule has 0 aromatic heterocycles. The molecule has 0 N–H and O–H groups in total. The van der Waals surface area contributed by atoms with Crippen LogP contribution >= 0.6 is 0 Å². The molecule has 0 spiro atoms. The van der Waals surface area contributed by atoms with Crippen LogP contribution in [0, 0.1) is 29.1 Å². The van der Waals surface area contributed by atoms with E-state index in [1.54, 1.807) is 0 Å². The van der Waals surface area contributed by atoms with E-state index in [1.807, 2.05) is 6.92 Å². The van der Waals surface area contributed by atoms with Crippen molar-refractivity contribution in [1.29, 1.82) is 0 Å². The molecule has 4 nitrogen and oxygen atoms in total. The van der Waals surface area contributed by atoms with Gasteiger partial charge in [-0.25, -0.2) is 26.7 Å². The van der Waals surface area contributed by atoms with Crippen LogP contribution in [0.1, 0.15) is 49.4 Å². The molecule has 0 saturated carbocycles. The van der Waals surface area contributed by atoms with Crippen LogP contribution in [-0.2, 0) is 9.53 Å². The lowest BCUT2D eigenvalue weighted by Gasteiger charge is -2.24. The molecule has 0 aliphatic carbocycles. The Morgan fingerprint density at radius 3 is 2.15 bits per heavy atom. The van der Waals surface area contributed by atoms with Gasteiger partial charge in [0.05, 0.1) is 6.61 Å². The summed E-state index contributed by atoms with van der Waals surface area (Å²) in [5.41, 5.74) is -1.56. The van der Waals surface area contributed by atoms with Crippen LogP contribution in [0.2, 0.25) is 0 Å². The Kier molecular flexibility index (Phi) is 6.55. The zero-order chi connectivity index (χ0) is 19.4. The van der Waals surface area contributed by atoms with E-state index in [0.717, 1.165) is 17.7 Å². The van der Waals surface area contributed by atoms with Gasteiger partial charge in [0, 0.05) is 6.54 Å². The van der Waals surface area contributed by atoms with Gasteiger partial charge in [-0.3, -0.25) is 4.79 Å². The van der Waals surface area contributed by atoms with Crippen molar-refractivity contribution in [2.75, 3.05) is 13.2 Å². The number of halogens is 5. The maximum Gasteiger partial charge on any atom is 0.328 e. The van der Waals surface area contributed by atoms with Gasteiger partial charge in [-0.2, -0.15) is 0 Å². The predicted molar refractivity (Wildman–Crippen MR) is 80.8 cm³/mol. The molecule has 9 heteroatoms. The Labute approximate surface area is 146 Å². The van der Waals surface area contributed by atoms with E-state index in [-0.39, 0.29) is 19.6 Å². The second-order valence-electron chi connectivity index (χ2n) is 5.98. The first-order chi connectivity index (χ1) is 12.3. The minimum atomic E-state index is -2.34. The monoisotopic (exact) mass is 379 g/mol. The van der Waals surface area contributed by atoms with E-state index < -0.39 is 52.6 Å². The maximum atomic E-state index is 13.8. The number of carbonyl (C=O) groups is 2. The number of esters is 1. The molecule has 2 rings (SSSR count). The molecule has 1 aliphatic rings. The van der Waals surface area contributed by atoms with Crippen LogP contribution in [0.25, 0.3) is 0 Å². The SMILES string of the molecule is CCCCCOC(=O)C1CCCN1C(=O)c1c(F)c(F)c(F)c(F)c1F. The predicted octanol–water partition coefficient (Wildman–Crippen LogP) is 3.72. The van der Waals surface area contributed by atoms with Gasteiger partial charge in [-0.15, -0.1) is 0 Å². The lowest BCUT2D eigenvalue weighted by atomic mass is 10.1. The van der Waals surface area contributed by atoms with Gasteiger partial charge in [-0.05, 0) is 19.3 Å². The Hall–Kier alpha value is -2.19. The van der Waals surface area contributed by atoms with Crippen molar-refractivity contribution < 1.29 is 36.3 Å². The van der Waals surface area contributed by atoms with Crippen LogP contribution < -0.4 is 0 Å². The fourth-order valence-corrected chi connectivity index (χ4v) is 2.81. The van der Waals surface area contributed by atoms with Gasteiger partial charge in [-0.1, -0.05) is 19.8 Å². The number of benzene rings is 1. The number of unbranched alkanes of at least 4 members (excludes halogenated alkanes) is 2. The normalized spacial score (nSPS) is 16.8. The smallest absolute Gasteiger partial charge is 0.328 e. The Bertz CT molecular complexity index is 681. The summed E-state index contributed by atoms with van der Waals surface area (Å²) < 4.78 is 72.5. The molecular formula is C17H18F5NO3. The topological polar surface area (TPSA) is 46.6 Å². The molecule has 1 aromatic carbocycles. The Morgan fingerprint density at radius 2 is 1.58 bits per heavy atom. The molecular weight excluding hydrogens is 361 g/mol. The van der Waals surface area contributed by atoms with Crippen molar-refractivity contribution in [2.24, 2.45) is 0 Å². The number of hydrogen-bond acceptors (Lipinski definition) is 3. The molecule has 1 atom stereocenters. The summed E-state index contributed by atoms with van der Waals surface area (Å²) in [7, 11) is 0. The first-order valence-electron chi connectivity index (χ1n) is 8.30. The van der Waals surface area contributed by atoms with Crippen LogP contribution in [-0.4, -0.2) is 36.0 Å². The average Bonchev–Trinajstić information content (AvgIpc) is 3.11. The second kappa shape index (κ2) is 8.46. The molecule has 0 radical (unpaired) electrons. The van der Waals surface area contributed by atoms with Crippen LogP contribution in [0.3, 0.4) is 0 Å². The summed E-state index contributed by atoms with van der Waals surface area (Å²) in [6.07, 6.45) is 2.90. The van der Waals surface area contributed by atoms with Crippen molar-refractivity contribution in [3.05, 3.63) is 34.6 Å². The van der Waals surface area contributed by atoms with Crippen LogP contribution in [0.4, 0.5) is 22.0 Å². The fraction of sp³-hybridized carbons (Fsp3) is 0.529. The highest BCUT2D eigenvalue weighted by Gasteiger charge is 2.39. The van der Waals surface area contributed by atoms with Gasteiger partial charge in [0.2, 0.25) is 5.82 Å². The number of hydrogen-bond donors (Lipinski definition) is 0. The van der Waals surface area contributed by atoms with Gasteiger partial charge in [0.25, 0.3) is 5.91 Å². The molecule has 1 aromatic rings. The molecule has 0 bridgehead atoms. The number of amides is 1. The van der Waals surface area contributed by atoms with Crippen molar-refractivity contribution in [3.8, 4) is 0 Å². The van der Waals surface area contributed by atoms with E-state index in [0.29, 0.717) is 12.8 Å². The van der Waals surface area contributed by atoms with Gasteiger partial charge in [0.1, 0.15) is 11.6 Å². The summed E-state index contributed by atoms with van der Waals surface area (Å²) in [6, 6.07) is -1.11. The molecule has 1 saturated heterocycles. The third-order valence-corrected chi connectivity index (χ3v) is 4.20. The number of likely N-dealkylation sites (tertiary alicyclic amines) is 1. The molecule has 1 amide bonds. The van der Waals surface area contributed by atoms with E-state index in [9.17, 15) is 31.5 Å². The summed E-state index contributed by atoms with van der Waals surface area (Å²) in [5.74, 6) is -13.4. The highest BCUT2D eigenvalue weighted by Crippen LogP contribution is 2.27. The minimum absolute atomic E-state index is 0.0486.